The maximum atomic E-state index is 5.43. The van der Waals surface area contributed by atoms with E-state index in [2.05, 4.69) is 43.2 Å². The smallest absolute Gasteiger partial charge is 0.315 e. The summed E-state index contributed by atoms with van der Waals surface area (Å²) in [5.41, 5.74) is 6.18. The average molecular weight is 238 g/mol. The predicted molar refractivity (Wildman–Crippen MR) is 66.6 cm³/mol. The molecule has 1 aromatic rings. The molecule has 96 valence electrons. The van der Waals surface area contributed by atoms with Gasteiger partial charge in [0, 0.05) is 19.5 Å². The van der Waals surface area contributed by atoms with Gasteiger partial charge in [-0.25, -0.2) is 0 Å². The van der Waals surface area contributed by atoms with E-state index in [4.69, 9.17) is 10.2 Å². The van der Waals surface area contributed by atoms with Crippen molar-refractivity contribution in [2.45, 2.75) is 34.1 Å². The fourth-order valence-corrected chi connectivity index (χ4v) is 2.58. The molecule has 2 rings (SSSR count). The minimum atomic E-state index is 0.375. The molecule has 0 spiro atoms. The average Bonchev–Trinajstić information content (AvgIpc) is 2.59. The normalized spacial score (nSPS) is 21.5. The first-order chi connectivity index (χ1) is 7.89. The molecule has 1 fully saturated rings. The third-order valence-corrected chi connectivity index (χ3v) is 4.60. The lowest BCUT2D eigenvalue weighted by atomic mass is 10.0. The van der Waals surface area contributed by atoms with Crippen LogP contribution in [0.1, 0.15) is 33.6 Å². The van der Waals surface area contributed by atoms with Crippen molar-refractivity contribution in [2.75, 3.05) is 18.4 Å². The summed E-state index contributed by atoms with van der Waals surface area (Å²) in [7, 11) is 0. The molecular formula is C12H22N4O. The van der Waals surface area contributed by atoms with Gasteiger partial charge in [-0.3, -0.25) is 0 Å². The van der Waals surface area contributed by atoms with E-state index in [-0.39, 0.29) is 0 Å². The first kappa shape index (κ1) is 12.4. The van der Waals surface area contributed by atoms with Gasteiger partial charge in [0.1, 0.15) is 0 Å². The quantitative estimate of drug-likeness (QED) is 0.816. The van der Waals surface area contributed by atoms with Crippen LogP contribution in [0.25, 0.3) is 0 Å². The number of nitrogens with zero attached hydrogens (tertiary/aromatic N) is 2. The maximum Gasteiger partial charge on any atom is 0.315 e. The van der Waals surface area contributed by atoms with E-state index >= 15 is 0 Å². The van der Waals surface area contributed by atoms with Crippen LogP contribution in [0, 0.1) is 16.7 Å². The monoisotopic (exact) mass is 238 g/mol. The van der Waals surface area contributed by atoms with Gasteiger partial charge in [0.05, 0.1) is 0 Å². The second-order valence-corrected chi connectivity index (χ2v) is 5.92. The fraction of sp³-hybridized carbons (Fsp3) is 0.833. The summed E-state index contributed by atoms with van der Waals surface area (Å²) in [5, 5.41) is 11.1. The molecule has 0 amide bonds. The zero-order valence-corrected chi connectivity index (χ0v) is 11.1. The third kappa shape index (κ3) is 2.04. The van der Waals surface area contributed by atoms with Crippen molar-refractivity contribution in [3.8, 4) is 0 Å². The molecule has 0 atom stereocenters. The number of nitrogens with two attached hydrogens (primary N) is 1. The van der Waals surface area contributed by atoms with Crippen LogP contribution in [0.4, 0.5) is 6.01 Å². The summed E-state index contributed by atoms with van der Waals surface area (Å²) in [6.07, 6.45) is 0.634. The summed E-state index contributed by atoms with van der Waals surface area (Å²) >= 11 is 0. The van der Waals surface area contributed by atoms with Gasteiger partial charge in [0.25, 0.3) is 0 Å². The standard InChI is InChI=1S/C12H22N4O/c1-11(2)8(12(11,3)4)7-14-10-16-15-9(17-10)5-6-13/h8H,5-7,13H2,1-4H3,(H,14,16). The van der Waals surface area contributed by atoms with Gasteiger partial charge in [-0.1, -0.05) is 32.8 Å². The van der Waals surface area contributed by atoms with E-state index < -0.39 is 0 Å². The van der Waals surface area contributed by atoms with Crippen molar-refractivity contribution in [1.29, 1.82) is 0 Å². The zero-order chi connectivity index (χ0) is 12.7. The highest BCUT2D eigenvalue weighted by atomic mass is 16.4. The number of nitrogens with one attached hydrogen (secondary N) is 1. The molecule has 0 aromatic carbocycles. The Morgan fingerprint density at radius 2 is 1.88 bits per heavy atom. The summed E-state index contributed by atoms with van der Waals surface area (Å²) in [4.78, 5) is 0. The van der Waals surface area contributed by atoms with Crippen LogP contribution in [-0.4, -0.2) is 23.3 Å². The number of hydrogen-bond donors (Lipinski definition) is 2. The summed E-state index contributed by atoms with van der Waals surface area (Å²) in [5.74, 6) is 1.24. The molecule has 1 aromatic heterocycles. The Bertz CT molecular complexity index is 383. The van der Waals surface area contributed by atoms with E-state index in [0.29, 0.717) is 41.6 Å². The first-order valence-electron chi connectivity index (χ1n) is 6.16. The summed E-state index contributed by atoms with van der Waals surface area (Å²) in [6, 6.07) is 0.506. The minimum Gasteiger partial charge on any atom is -0.408 e. The Morgan fingerprint density at radius 3 is 2.41 bits per heavy atom. The Morgan fingerprint density at radius 1 is 1.24 bits per heavy atom. The van der Waals surface area contributed by atoms with Crippen LogP contribution in [0.15, 0.2) is 4.42 Å². The number of hydrogen-bond acceptors (Lipinski definition) is 5. The molecule has 0 radical (unpaired) electrons. The fourth-order valence-electron chi connectivity index (χ4n) is 2.58. The van der Waals surface area contributed by atoms with Gasteiger partial charge in [0.15, 0.2) is 0 Å². The first-order valence-corrected chi connectivity index (χ1v) is 6.16. The molecule has 1 aliphatic rings. The van der Waals surface area contributed by atoms with Crippen molar-refractivity contribution in [3.63, 3.8) is 0 Å². The Labute approximate surface area is 102 Å². The van der Waals surface area contributed by atoms with Crippen LogP contribution in [-0.2, 0) is 6.42 Å². The van der Waals surface area contributed by atoms with Crippen molar-refractivity contribution >= 4 is 6.01 Å². The SMILES string of the molecule is CC1(C)C(CNc2nnc(CCN)o2)C1(C)C. The Hall–Kier alpha value is -1.10. The van der Waals surface area contributed by atoms with E-state index in [9.17, 15) is 0 Å². The molecule has 5 nitrogen and oxygen atoms in total. The van der Waals surface area contributed by atoms with E-state index in [0.717, 1.165) is 6.54 Å². The summed E-state index contributed by atoms with van der Waals surface area (Å²) in [6.45, 7) is 10.6. The number of rotatable bonds is 5. The third-order valence-electron chi connectivity index (χ3n) is 4.60. The van der Waals surface area contributed by atoms with Crippen LogP contribution in [0.5, 0.6) is 0 Å². The van der Waals surface area contributed by atoms with Gasteiger partial charge >= 0.3 is 6.01 Å². The van der Waals surface area contributed by atoms with Crippen LogP contribution < -0.4 is 11.1 Å². The molecule has 17 heavy (non-hydrogen) atoms. The van der Waals surface area contributed by atoms with E-state index in [1.807, 2.05) is 0 Å². The molecular weight excluding hydrogens is 216 g/mol. The second-order valence-electron chi connectivity index (χ2n) is 5.92. The molecule has 0 aliphatic heterocycles. The zero-order valence-electron chi connectivity index (χ0n) is 11.1. The minimum absolute atomic E-state index is 0.375. The van der Waals surface area contributed by atoms with Crippen molar-refractivity contribution in [1.82, 2.24) is 10.2 Å². The van der Waals surface area contributed by atoms with Gasteiger partial charge in [-0.2, -0.15) is 0 Å². The predicted octanol–water partition coefficient (Wildman–Crippen LogP) is 1.66. The molecule has 0 bridgehead atoms. The lowest BCUT2D eigenvalue weighted by Crippen LogP contribution is -2.08. The van der Waals surface area contributed by atoms with Crippen LogP contribution in [0.2, 0.25) is 0 Å². The van der Waals surface area contributed by atoms with Crippen molar-refractivity contribution < 1.29 is 4.42 Å². The van der Waals surface area contributed by atoms with E-state index in [1.165, 1.54) is 0 Å². The van der Waals surface area contributed by atoms with Gasteiger partial charge in [-0.15, -0.1) is 5.10 Å². The van der Waals surface area contributed by atoms with Crippen LogP contribution >= 0.6 is 0 Å². The van der Waals surface area contributed by atoms with Gasteiger partial charge < -0.3 is 15.5 Å². The van der Waals surface area contributed by atoms with E-state index in [1.54, 1.807) is 0 Å². The molecule has 5 heteroatoms. The molecule has 1 heterocycles. The Kier molecular flexibility index (Phi) is 2.89. The number of aromatic nitrogens is 2. The maximum absolute atomic E-state index is 5.43. The molecule has 3 N–H and O–H groups in total. The van der Waals surface area contributed by atoms with Gasteiger partial charge in [0.2, 0.25) is 5.89 Å². The highest BCUT2D eigenvalue weighted by molar-refractivity contribution is 5.22. The van der Waals surface area contributed by atoms with Crippen molar-refractivity contribution in [2.24, 2.45) is 22.5 Å². The highest BCUT2D eigenvalue weighted by Gasteiger charge is 2.64. The molecule has 1 aliphatic carbocycles. The molecule has 1 saturated carbocycles. The lowest BCUT2D eigenvalue weighted by molar-refractivity contribution is 0.457. The van der Waals surface area contributed by atoms with Gasteiger partial charge in [-0.05, 0) is 16.7 Å². The molecule has 0 saturated heterocycles. The van der Waals surface area contributed by atoms with Crippen molar-refractivity contribution in [3.05, 3.63) is 5.89 Å². The number of anilines is 1. The topological polar surface area (TPSA) is 77.0 Å². The molecule has 0 unspecified atom stereocenters. The highest BCUT2D eigenvalue weighted by Crippen LogP contribution is 2.68. The summed E-state index contributed by atoms with van der Waals surface area (Å²) < 4.78 is 5.43. The largest absolute Gasteiger partial charge is 0.408 e. The lowest BCUT2D eigenvalue weighted by Gasteiger charge is -2.04. The Balaban J connectivity index is 1.87. The second kappa shape index (κ2) is 3.98. The van der Waals surface area contributed by atoms with Crippen LogP contribution in [0.3, 0.4) is 0 Å².